The lowest BCUT2D eigenvalue weighted by molar-refractivity contribution is 0.268. The number of rotatable bonds is 6. The highest BCUT2D eigenvalue weighted by Gasteiger charge is 2.23. The first-order chi connectivity index (χ1) is 7.25. The molecule has 1 N–H and O–H groups in total. The van der Waals surface area contributed by atoms with Crippen molar-refractivity contribution >= 4 is 0 Å². The third kappa shape index (κ3) is 3.74. The van der Waals surface area contributed by atoms with E-state index < -0.39 is 0 Å². The molecule has 0 bridgehead atoms. The zero-order valence-electron chi connectivity index (χ0n) is 10.2. The summed E-state index contributed by atoms with van der Waals surface area (Å²) in [5, 5.41) is 3.56. The van der Waals surface area contributed by atoms with E-state index in [1.807, 2.05) is 0 Å². The predicted octanol–water partition coefficient (Wildman–Crippen LogP) is 0.622. The maximum absolute atomic E-state index is 3.56. The molecule has 88 valence electrons. The van der Waals surface area contributed by atoms with Crippen LogP contribution in [0.1, 0.15) is 19.3 Å². The Kier molecular flexibility index (Phi) is 4.00. The summed E-state index contributed by atoms with van der Waals surface area (Å²) in [5.41, 5.74) is 0. The van der Waals surface area contributed by atoms with Crippen molar-refractivity contribution in [3.63, 3.8) is 0 Å². The number of hydrogen-bond donors (Lipinski definition) is 1. The predicted molar refractivity (Wildman–Crippen MR) is 64.1 cm³/mol. The van der Waals surface area contributed by atoms with Crippen LogP contribution in [-0.4, -0.2) is 62.7 Å². The van der Waals surface area contributed by atoms with Crippen LogP contribution >= 0.6 is 0 Å². The quantitative estimate of drug-likeness (QED) is 0.650. The van der Waals surface area contributed by atoms with E-state index in [1.165, 1.54) is 52.0 Å². The number of nitrogens with one attached hydrogen (secondary N) is 1. The average Bonchev–Trinajstić information content (AvgIpc) is 2.90. The Morgan fingerprint density at radius 3 is 2.67 bits per heavy atom. The van der Waals surface area contributed by atoms with Gasteiger partial charge in [-0.05, 0) is 52.4 Å². The molecule has 1 atom stereocenters. The molecule has 0 amide bonds. The zero-order valence-corrected chi connectivity index (χ0v) is 10.2. The molecule has 3 heteroatoms. The molecular weight excluding hydrogens is 186 g/mol. The van der Waals surface area contributed by atoms with Crippen LogP contribution in [0, 0.1) is 5.92 Å². The van der Waals surface area contributed by atoms with Gasteiger partial charge in [0.25, 0.3) is 0 Å². The summed E-state index contributed by atoms with van der Waals surface area (Å²) in [6.07, 6.45) is 4.26. The third-order valence-electron chi connectivity index (χ3n) is 3.71. The molecule has 2 aliphatic rings. The van der Waals surface area contributed by atoms with Crippen molar-refractivity contribution in [1.82, 2.24) is 15.1 Å². The molecule has 1 unspecified atom stereocenters. The van der Waals surface area contributed by atoms with E-state index >= 15 is 0 Å². The van der Waals surface area contributed by atoms with Crippen LogP contribution in [0.25, 0.3) is 0 Å². The second kappa shape index (κ2) is 5.28. The van der Waals surface area contributed by atoms with Gasteiger partial charge in [0.15, 0.2) is 0 Å². The Bertz CT molecular complexity index is 189. The van der Waals surface area contributed by atoms with Gasteiger partial charge in [-0.1, -0.05) is 0 Å². The SMILES string of the molecule is CN(C)C1CCN(CCNCC2CC2)C1. The van der Waals surface area contributed by atoms with Crippen LogP contribution < -0.4 is 5.32 Å². The lowest BCUT2D eigenvalue weighted by Gasteiger charge is -2.20. The van der Waals surface area contributed by atoms with E-state index in [0.29, 0.717) is 0 Å². The summed E-state index contributed by atoms with van der Waals surface area (Å²) in [4.78, 5) is 4.95. The van der Waals surface area contributed by atoms with Crippen LogP contribution in [-0.2, 0) is 0 Å². The van der Waals surface area contributed by atoms with Gasteiger partial charge >= 0.3 is 0 Å². The molecule has 1 saturated heterocycles. The van der Waals surface area contributed by atoms with Crippen molar-refractivity contribution in [3.8, 4) is 0 Å². The Morgan fingerprint density at radius 2 is 2.07 bits per heavy atom. The third-order valence-corrected chi connectivity index (χ3v) is 3.71. The van der Waals surface area contributed by atoms with Gasteiger partial charge in [-0.2, -0.15) is 0 Å². The van der Waals surface area contributed by atoms with Gasteiger partial charge in [0.1, 0.15) is 0 Å². The lowest BCUT2D eigenvalue weighted by atomic mass is 10.2. The van der Waals surface area contributed by atoms with E-state index in [2.05, 4.69) is 29.2 Å². The van der Waals surface area contributed by atoms with Crippen molar-refractivity contribution in [2.45, 2.75) is 25.3 Å². The van der Waals surface area contributed by atoms with Gasteiger partial charge < -0.3 is 15.1 Å². The average molecular weight is 211 g/mol. The van der Waals surface area contributed by atoms with E-state index in [-0.39, 0.29) is 0 Å². The molecule has 2 fully saturated rings. The van der Waals surface area contributed by atoms with Crippen LogP contribution in [0.3, 0.4) is 0 Å². The van der Waals surface area contributed by atoms with Crippen LogP contribution in [0.15, 0.2) is 0 Å². The number of hydrogen-bond acceptors (Lipinski definition) is 3. The molecule has 1 saturated carbocycles. The molecule has 1 heterocycles. The standard InChI is InChI=1S/C12H25N3/c1-14(2)12-5-7-15(10-12)8-6-13-9-11-3-4-11/h11-13H,3-10H2,1-2H3. The fourth-order valence-electron chi connectivity index (χ4n) is 2.30. The van der Waals surface area contributed by atoms with E-state index in [1.54, 1.807) is 0 Å². The molecular formula is C12H25N3. The molecule has 1 aliphatic heterocycles. The molecule has 1 aliphatic carbocycles. The second-order valence-corrected chi connectivity index (χ2v) is 5.35. The molecule has 0 aromatic rings. The molecule has 0 aromatic carbocycles. The normalized spacial score (nSPS) is 27.8. The van der Waals surface area contributed by atoms with Crippen LogP contribution in [0.5, 0.6) is 0 Å². The van der Waals surface area contributed by atoms with Gasteiger partial charge in [0.2, 0.25) is 0 Å². The maximum atomic E-state index is 3.56. The summed E-state index contributed by atoms with van der Waals surface area (Å²) >= 11 is 0. The fourth-order valence-corrected chi connectivity index (χ4v) is 2.30. The largest absolute Gasteiger partial charge is 0.315 e. The van der Waals surface area contributed by atoms with Crippen molar-refractivity contribution < 1.29 is 0 Å². The summed E-state index contributed by atoms with van der Waals surface area (Å²) in [6, 6.07) is 0.786. The summed E-state index contributed by atoms with van der Waals surface area (Å²) < 4.78 is 0. The first-order valence-electron chi connectivity index (χ1n) is 6.35. The Hall–Kier alpha value is -0.120. The fraction of sp³-hybridized carbons (Fsp3) is 1.00. The minimum atomic E-state index is 0.786. The van der Waals surface area contributed by atoms with Gasteiger partial charge in [-0.25, -0.2) is 0 Å². The molecule has 0 aromatic heterocycles. The molecule has 3 nitrogen and oxygen atoms in total. The second-order valence-electron chi connectivity index (χ2n) is 5.35. The summed E-state index contributed by atoms with van der Waals surface area (Å²) in [5.74, 6) is 1.01. The van der Waals surface area contributed by atoms with Gasteiger partial charge in [-0.15, -0.1) is 0 Å². The van der Waals surface area contributed by atoms with E-state index in [4.69, 9.17) is 0 Å². The number of likely N-dealkylation sites (tertiary alicyclic amines) is 1. The molecule has 2 rings (SSSR count). The van der Waals surface area contributed by atoms with Crippen molar-refractivity contribution in [1.29, 1.82) is 0 Å². The molecule has 0 spiro atoms. The van der Waals surface area contributed by atoms with Gasteiger partial charge in [-0.3, -0.25) is 0 Å². The Labute approximate surface area is 93.8 Å². The topological polar surface area (TPSA) is 18.5 Å². The Morgan fingerprint density at radius 1 is 1.27 bits per heavy atom. The lowest BCUT2D eigenvalue weighted by Crippen LogP contribution is -2.35. The first kappa shape index (κ1) is 11.4. The van der Waals surface area contributed by atoms with Crippen LogP contribution in [0.4, 0.5) is 0 Å². The highest BCUT2D eigenvalue weighted by Crippen LogP contribution is 2.27. The Balaban J connectivity index is 1.52. The zero-order chi connectivity index (χ0) is 10.7. The first-order valence-corrected chi connectivity index (χ1v) is 6.35. The van der Waals surface area contributed by atoms with E-state index in [0.717, 1.165) is 12.0 Å². The monoisotopic (exact) mass is 211 g/mol. The maximum Gasteiger partial charge on any atom is 0.0229 e. The minimum Gasteiger partial charge on any atom is -0.315 e. The van der Waals surface area contributed by atoms with Crippen molar-refractivity contribution in [2.75, 3.05) is 46.8 Å². The number of likely N-dealkylation sites (N-methyl/N-ethyl adjacent to an activating group) is 1. The van der Waals surface area contributed by atoms with E-state index in [9.17, 15) is 0 Å². The van der Waals surface area contributed by atoms with Crippen molar-refractivity contribution in [3.05, 3.63) is 0 Å². The van der Waals surface area contributed by atoms with Gasteiger partial charge in [0.05, 0.1) is 0 Å². The molecule has 0 radical (unpaired) electrons. The number of nitrogens with zero attached hydrogens (tertiary/aromatic N) is 2. The minimum absolute atomic E-state index is 0.786. The molecule has 15 heavy (non-hydrogen) atoms. The summed E-state index contributed by atoms with van der Waals surface area (Å²) in [6.45, 7) is 6.21. The van der Waals surface area contributed by atoms with Gasteiger partial charge in [0, 0.05) is 25.7 Å². The van der Waals surface area contributed by atoms with Crippen molar-refractivity contribution in [2.24, 2.45) is 5.92 Å². The highest BCUT2D eigenvalue weighted by atomic mass is 15.2. The van der Waals surface area contributed by atoms with Crippen LogP contribution in [0.2, 0.25) is 0 Å². The smallest absolute Gasteiger partial charge is 0.0229 e. The summed E-state index contributed by atoms with van der Waals surface area (Å²) in [7, 11) is 4.39. The highest BCUT2D eigenvalue weighted by molar-refractivity contribution is 4.81.